The first kappa shape index (κ1) is 20.3. The summed E-state index contributed by atoms with van der Waals surface area (Å²) in [5, 5.41) is 0. The first-order valence-electron chi connectivity index (χ1n) is 10.5. The Labute approximate surface area is 181 Å². The molecule has 2 aliphatic rings. The Morgan fingerprint density at radius 3 is 1.68 bits per heavy atom. The summed E-state index contributed by atoms with van der Waals surface area (Å²) in [4.78, 5) is 0. The monoisotopic (exact) mass is 420 g/mol. The van der Waals surface area contributed by atoms with Crippen LogP contribution in [0.5, 0.6) is 0 Å². The van der Waals surface area contributed by atoms with Crippen LogP contribution in [-0.4, -0.2) is 44.5 Å². The predicted octanol–water partition coefficient (Wildman–Crippen LogP) is 4.47. The van der Waals surface area contributed by atoms with E-state index in [0.29, 0.717) is 0 Å². The fraction of sp³-hybridized carbons (Fsp3) is 0.308. The van der Waals surface area contributed by atoms with Crippen LogP contribution in [0, 0.1) is 0 Å². The maximum atomic E-state index is 14.3. The van der Waals surface area contributed by atoms with Crippen molar-refractivity contribution in [2.45, 2.75) is 36.4 Å². The average Bonchev–Trinajstić information content (AvgIpc) is 3.65. The average molecular weight is 420 g/mol. The van der Waals surface area contributed by atoms with Gasteiger partial charge in [-0.2, -0.15) is 0 Å². The number of fused-ring (bicyclic) bond motifs is 1. The Balaban J connectivity index is 1.54. The molecule has 0 saturated carbocycles. The summed E-state index contributed by atoms with van der Waals surface area (Å²) in [6.07, 6.45) is -3.46. The molecule has 5 atom stereocenters. The highest BCUT2D eigenvalue weighted by Crippen LogP contribution is 2.43. The number of epoxide rings is 1. The molecule has 3 aromatic rings. The van der Waals surface area contributed by atoms with Gasteiger partial charge < -0.3 is 18.9 Å². The van der Waals surface area contributed by atoms with Crippen molar-refractivity contribution >= 4 is 0 Å². The number of hydrogen-bond donors (Lipinski definition) is 0. The molecular weight excluding hydrogens is 395 g/mol. The van der Waals surface area contributed by atoms with E-state index in [9.17, 15) is 4.39 Å². The Bertz CT molecular complexity index is 885. The third-order valence-corrected chi connectivity index (χ3v) is 6.05. The molecule has 2 saturated heterocycles. The number of ether oxygens (including phenoxy) is 4. The Hall–Kier alpha value is -2.57. The van der Waals surface area contributed by atoms with Gasteiger partial charge in [0, 0.05) is 7.11 Å². The molecule has 0 amide bonds. The minimum absolute atomic E-state index is 0.229. The van der Waals surface area contributed by atoms with E-state index in [0.717, 1.165) is 16.7 Å². The lowest BCUT2D eigenvalue weighted by Gasteiger charge is -2.38. The van der Waals surface area contributed by atoms with Gasteiger partial charge in [0.2, 0.25) is 0 Å². The molecule has 5 heteroatoms. The second-order valence-corrected chi connectivity index (χ2v) is 7.88. The van der Waals surface area contributed by atoms with Crippen LogP contribution in [0.15, 0.2) is 91.0 Å². The van der Waals surface area contributed by atoms with E-state index in [1.54, 1.807) is 0 Å². The summed E-state index contributed by atoms with van der Waals surface area (Å²) in [5.41, 5.74) is 2.15. The van der Waals surface area contributed by atoms with E-state index in [2.05, 4.69) is 36.4 Å². The van der Waals surface area contributed by atoms with Gasteiger partial charge in [0.25, 0.3) is 0 Å². The minimum Gasteiger partial charge on any atom is -0.363 e. The molecule has 2 fully saturated rings. The summed E-state index contributed by atoms with van der Waals surface area (Å²) >= 11 is 0. The van der Waals surface area contributed by atoms with E-state index in [1.807, 2.05) is 54.6 Å². The maximum absolute atomic E-state index is 14.3. The summed E-state index contributed by atoms with van der Waals surface area (Å²) in [5.74, 6) is 0. The van der Waals surface area contributed by atoms with Gasteiger partial charge in [-0.1, -0.05) is 91.0 Å². The lowest BCUT2D eigenvalue weighted by atomic mass is 9.80. The van der Waals surface area contributed by atoms with Crippen molar-refractivity contribution in [1.82, 2.24) is 0 Å². The Morgan fingerprint density at radius 2 is 1.23 bits per heavy atom. The van der Waals surface area contributed by atoms with Crippen LogP contribution in [0.4, 0.5) is 4.39 Å². The molecule has 2 aliphatic heterocycles. The molecule has 1 unspecified atom stereocenters. The van der Waals surface area contributed by atoms with Crippen LogP contribution in [0.25, 0.3) is 0 Å². The van der Waals surface area contributed by atoms with Gasteiger partial charge in [-0.3, -0.25) is 0 Å². The van der Waals surface area contributed by atoms with Crippen molar-refractivity contribution in [3.05, 3.63) is 108 Å². The van der Waals surface area contributed by atoms with Gasteiger partial charge in [-0.25, -0.2) is 4.39 Å². The van der Waals surface area contributed by atoms with Crippen LogP contribution in [0.2, 0.25) is 0 Å². The second kappa shape index (κ2) is 8.52. The third kappa shape index (κ3) is 3.68. The van der Waals surface area contributed by atoms with Crippen LogP contribution >= 0.6 is 0 Å². The number of rotatable bonds is 7. The molecule has 2 heterocycles. The molecule has 0 N–H and O–H groups in total. The van der Waals surface area contributed by atoms with E-state index in [4.69, 9.17) is 18.9 Å². The summed E-state index contributed by atoms with van der Waals surface area (Å²) < 4.78 is 37.7. The SMILES string of the molecule is CO[C@H]1O[C@H](COC(c2ccccc2)(c2ccccc2)c2ccccc2)[C@@H]2O[C@@H]2C1F. The van der Waals surface area contributed by atoms with Crippen LogP contribution < -0.4 is 0 Å². The number of halogens is 1. The van der Waals surface area contributed by atoms with Crippen LogP contribution in [-0.2, 0) is 24.5 Å². The number of alkyl halides is 1. The fourth-order valence-electron chi connectivity index (χ4n) is 4.47. The second-order valence-electron chi connectivity index (χ2n) is 7.88. The molecule has 4 nitrogen and oxygen atoms in total. The standard InChI is InChI=1S/C26H25FO4/c1-28-25-22(27)24-23(31-24)21(30-25)17-29-26(18-11-5-2-6-12-18,19-13-7-3-8-14-19)20-15-9-4-10-16-20/h2-16,21-25H,17H2,1H3/t21-,22?,23+,24-,25+/m1/s1. The smallest absolute Gasteiger partial charge is 0.191 e. The van der Waals surface area contributed by atoms with Gasteiger partial charge in [0.05, 0.1) is 6.61 Å². The first-order valence-corrected chi connectivity index (χ1v) is 10.5. The molecule has 0 bridgehead atoms. The largest absolute Gasteiger partial charge is 0.363 e. The molecule has 5 rings (SSSR count). The quantitative estimate of drug-likeness (QED) is 0.418. The minimum atomic E-state index is -1.28. The van der Waals surface area contributed by atoms with Gasteiger partial charge in [-0.05, 0) is 16.7 Å². The summed E-state index contributed by atoms with van der Waals surface area (Å²) in [7, 11) is 1.44. The topological polar surface area (TPSA) is 40.2 Å². The summed E-state index contributed by atoms with van der Waals surface area (Å²) in [6, 6.07) is 30.4. The highest BCUT2D eigenvalue weighted by Gasteiger charge is 2.59. The van der Waals surface area contributed by atoms with Crippen molar-refractivity contribution in [1.29, 1.82) is 0 Å². The van der Waals surface area contributed by atoms with Crippen molar-refractivity contribution in [3.63, 3.8) is 0 Å². The third-order valence-electron chi connectivity index (χ3n) is 6.05. The number of hydrogen-bond acceptors (Lipinski definition) is 4. The molecule has 3 aromatic carbocycles. The van der Waals surface area contributed by atoms with E-state index in [1.165, 1.54) is 7.11 Å². The van der Waals surface area contributed by atoms with Crippen molar-refractivity contribution in [2.24, 2.45) is 0 Å². The lowest BCUT2D eigenvalue weighted by Crippen LogP contribution is -2.47. The first-order chi connectivity index (χ1) is 15.2. The van der Waals surface area contributed by atoms with Crippen LogP contribution in [0.3, 0.4) is 0 Å². The fourth-order valence-corrected chi connectivity index (χ4v) is 4.47. The number of methoxy groups -OCH3 is 1. The molecule has 0 radical (unpaired) electrons. The van der Waals surface area contributed by atoms with Crippen molar-refractivity contribution in [2.75, 3.05) is 13.7 Å². The highest BCUT2D eigenvalue weighted by molar-refractivity contribution is 5.47. The summed E-state index contributed by atoms with van der Waals surface area (Å²) in [6.45, 7) is 0.229. The lowest BCUT2D eigenvalue weighted by molar-refractivity contribution is -0.216. The molecule has 0 spiro atoms. The zero-order valence-corrected chi connectivity index (χ0v) is 17.3. The molecule has 31 heavy (non-hydrogen) atoms. The zero-order chi connectivity index (χ0) is 21.3. The maximum Gasteiger partial charge on any atom is 0.191 e. The van der Waals surface area contributed by atoms with E-state index in [-0.39, 0.29) is 12.7 Å². The zero-order valence-electron chi connectivity index (χ0n) is 17.3. The van der Waals surface area contributed by atoms with Crippen molar-refractivity contribution in [3.8, 4) is 0 Å². The van der Waals surface area contributed by atoms with Gasteiger partial charge in [0.1, 0.15) is 23.9 Å². The molecule has 160 valence electrons. The Morgan fingerprint density at radius 1 is 0.742 bits per heavy atom. The molecule has 0 aliphatic carbocycles. The van der Waals surface area contributed by atoms with Gasteiger partial charge in [-0.15, -0.1) is 0 Å². The van der Waals surface area contributed by atoms with E-state index < -0.39 is 30.3 Å². The predicted molar refractivity (Wildman–Crippen MR) is 114 cm³/mol. The van der Waals surface area contributed by atoms with E-state index >= 15 is 0 Å². The highest BCUT2D eigenvalue weighted by atomic mass is 19.1. The number of benzene rings is 3. The Kier molecular flexibility index (Phi) is 5.59. The molecular formula is C26H25FO4. The normalized spacial score (nSPS) is 27.5. The molecule has 0 aromatic heterocycles. The van der Waals surface area contributed by atoms with Gasteiger partial charge >= 0.3 is 0 Å². The van der Waals surface area contributed by atoms with Crippen molar-refractivity contribution < 1.29 is 23.3 Å². The van der Waals surface area contributed by atoms with Crippen LogP contribution in [0.1, 0.15) is 16.7 Å². The van der Waals surface area contributed by atoms with Gasteiger partial charge in [0.15, 0.2) is 12.5 Å².